The van der Waals surface area contributed by atoms with Gasteiger partial charge in [-0.05, 0) is 44.4 Å². The summed E-state index contributed by atoms with van der Waals surface area (Å²) in [6, 6.07) is 6.24. The van der Waals surface area contributed by atoms with Crippen LogP contribution in [0.15, 0.2) is 24.3 Å². The van der Waals surface area contributed by atoms with Gasteiger partial charge in [-0.1, -0.05) is 12.1 Å². The minimum Gasteiger partial charge on any atom is -0.364 e. The summed E-state index contributed by atoms with van der Waals surface area (Å²) in [5.74, 6) is -0.486. The SMILES string of the molecule is CC(C)(NC(=O)[C@@H]1CC[C@H](CN)O1)c1cccc(F)c1. The molecule has 1 aliphatic heterocycles. The molecule has 2 rings (SSSR count). The summed E-state index contributed by atoms with van der Waals surface area (Å²) in [4.78, 5) is 12.2. The number of carbonyl (C=O) groups excluding carboxylic acids is 1. The molecule has 0 saturated carbocycles. The molecule has 1 amide bonds. The van der Waals surface area contributed by atoms with Crippen LogP contribution in [-0.4, -0.2) is 24.7 Å². The Morgan fingerprint density at radius 3 is 2.85 bits per heavy atom. The maximum atomic E-state index is 13.3. The third kappa shape index (κ3) is 3.35. The van der Waals surface area contributed by atoms with Gasteiger partial charge in [0.25, 0.3) is 0 Å². The first-order valence-corrected chi connectivity index (χ1v) is 6.86. The predicted octanol–water partition coefficient (Wildman–Crippen LogP) is 1.68. The summed E-state index contributed by atoms with van der Waals surface area (Å²) in [5.41, 5.74) is 5.60. The van der Waals surface area contributed by atoms with Crippen molar-refractivity contribution in [1.29, 1.82) is 0 Å². The number of hydrogen-bond acceptors (Lipinski definition) is 3. The Bertz CT molecular complexity index is 491. The first-order valence-electron chi connectivity index (χ1n) is 6.86. The fourth-order valence-corrected chi connectivity index (χ4v) is 2.41. The maximum absolute atomic E-state index is 13.3. The van der Waals surface area contributed by atoms with E-state index in [9.17, 15) is 9.18 Å². The zero-order chi connectivity index (χ0) is 14.8. The van der Waals surface area contributed by atoms with Crippen LogP contribution in [0.2, 0.25) is 0 Å². The molecule has 0 unspecified atom stereocenters. The van der Waals surface area contributed by atoms with E-state index in [0.717, 1.165) is 12.0 Å². The van der Waals surface area contributed by atoms with E-state index < -0.39 is 11.6 Å². The number of halogens is 1. The highest BCUT2D eigenvalue weighted by molar-refractivity contribution is 5.81. The van der Waals surface area contributed by atoms with E-state index >= 15 is 0 Å². The molecule has 0 aliphatic carbocycles. The van der Waals surface area contributed by atoms with Gasteiger partial charge >= 0.3 is 0 Å². The number of benzene rings is 1. The molecule has 2 atom stereocenters. The number of nitrogens with one attached hydrogen (secondary N) is 1. The Morgan fingerprint density at radius 1 is 1.50 bits per heavy atom. The molecular weight excluding hydrogens is 259 g/mol. The summed E-state index contributed by atoms with van der Waals surface area (Å²) < 4.78 is 18.8. The molecule has 0 aromatic heterocycles. The van der Waals surface area contributed by atoms with Gasteiger partial charge in [0, 0.05) is 6.54 Å². The average Bonchev–Trinajstić information content (AvgIpc) is 2.87. The average molecular weight is 280 g/mol. The van der Waals surface area contributed by atoms with Crippen molar-refractivity contribution < 1.29 is 13.9 Å². The lowest BCUT2D eigenvalue weighted by Gasteiger charge is -2.28. The highest BCUT2D eigenvalue weighted by atomic mass is 19.1. The zero-order valence-corrected chi connectivity index (χ0v) is 11.9. The lowest BCUT2D eigenvalue weighted by Crippen LogP contribution is -2.46. The van der Waals surface area contributed by atoms with E-state index in [1.807, 2.05) is 13.8 Å². The zero-order valence-electron chi connectivity index (χ0n) is 11.9. The summed E-state index contributed by atoms with van der Waals surface area (Å²) in [6.07, 6.45) is 0.974. The molecule has 110 valence electrons. The van der Waals surface area contributed by atoms with Gasteiger partial charge in [-0.3, -0.25) is 4.79 Å². The highest BCUT2D eigenvalue weighted by Gasteiger charge is 2.33. The molecule has 4 nitrogen and oxygen atoms in total. The third-order valence-corrected chi connectivity index (χ3v) is 3.64. The van der Waals surface area contributed by atoms with E-state index in [0.29, 0.717) is 13.0 Å². The molecule has 0 spiro atoms. The van der Waals surface area contributed by atoms with Gasteiger partial charge in [-0.15, -0.1) is 0 Å². The van der Waals surface area contributed by atoms with E-state index in [4.69, 9.17) is 10.5 Å². The van der Waals surface area contributed by atoms with E-state index in [2.05, 4.69) is 5.32 Å². The Kier molecular flexibility index (Phi) is 4.40. The molecule has 1 aromatic carbocycles. The third-order valence-electron chi connectivity index (χ3n) is 3.64. The lowest BCUT2D eigenvalue weighted by atomic mass is 9.94. The predicted molar refractivity (Wildman–Crippen MR) is 74.5 cm³/mol. The van der Waals surface area contributed by atoms with Crippen LogP contribution in [0.1, 0.15) is 32.3 Å². The number of amides is 1. The van der Waals surface area contributed by atoms with E-state index in [1.54, 1.807) is 12.1 Å². The van der Waals surface area contributed by atoms with Crippen LogP contribution in [0.4, 0.5) is 4.39 Å². The molecule has 0 bridgehead atoms. The first kappa shape index (κ1) is 14.9. The minimum atomic E-state index is -0.649. The second-order valence-corrected chi connectivity index (χ2v) is 5.68. The second-order valence-electron chi connectivity index (χ2n) is 5.68. The number of nitrogens with two attached hydrogens (primary N) is 1. The van der Waals surface area contributed by atoms with Crippen LogP contribution in [0.3, 0.4) is 0 Å². The van der Waals surface area contributed by atoms with Gasteiger partial charge < -0.3 is 15.8 Å². The molecule has 1 heterocycles. The Hall–Kier alpha value is -1.46. The Morgan fingerprint density at radius 2 is 2.25 bits per heavy atom. The van der Waals surface area contributed by atoms with Crippen molar-refractivity contribution in [1.82, 2.24) is 5.32 Å². The van der Waals surface area contributed by atoms with Crippen LogP contribution in [-0.2, 0) is 15.1 Å². The van der Waals surface area contributed by atoms with E-state index in [1.165, 1.54) is 12.1 Å². The van der Waals surface area contributed by atoms with Crippen molar-refractivity contribution >= 4 is 5.91 Å². The maximum Gasteiger partial charge on any atom is 0.249 e. The molecule has 20 heavy (non-hydrogen) atoms. The highest BCUT2D eigenvalue weighted by Crippen LogP contribution is 2.24. The number of rotatable bonds is 4. The van der Waals surface area contributed by atoms with Crippen molar-refractivity contribution in [3.05, 3.63) is 35.6 Å². The second kappa shape index (κ2) is 5.89. The fraction of sp³-hybridized carbons (Fsp3) is 0.533. The van der Waals surface area contributed by atoms with Crippen LogP contribution in [0.25, 0.3) is 0 Å². The van der Waals surface area contributed by atoms with Crippen LogP contribution in [0, 0.1) is 5.82 Å². The molecule has 1 fully saturated rings. The smallest absolute Gasteiger partial charge is 0.249 e. The van der Waals surface area contributed by atoms with Crippen molar-refractivity contribution in [3.8, 4) is 0 Å². The molecule has 3 N–H and O–H groups in total. The van der Waals surface area contributed by atoms with Gasteiger partial charge in [0.2, 0.25) is 5.91 Å². The number of ether oxygens (including phenoxy) is 1. The van der Waals surface area contributed by atoms with Crippen molar-refractivity contribution in [3.63, 3.8) is 0 Å². The monoisotopic (exact) mass is 280 g/mol. The Balaban J connectivity index is 2.03. The van der Waals surface area contributed by atoms with Gasteiger partial charge in [-0.25, -0.2) is 4.39 Å². The van der Waals surface area contributed by atoms with Crippen LogP contribution < -0.4 is 11.1 Å². The fourth-order valence-electron chi connectivity index (χ4n) is 2.41. The topological polar surface area (TPSA) is 64.4 Å². The number of carbonyl (C=O) groups is 1. The standard InChI is InChI=1S/C15H21FN2O2/c1-15(2,10-4-3-5-11(16)8-10)18-14(19)13-7-6-12(9-17)20-13/h3-5,8,12-13H,6-7,9,17H2,1-2H3,(H,18,19)/t12-,13+/m1/s1. The van der Waals surface area contributed by atoms with E-state index in [-0.39, 0.29) is 17.8 Å². The normalized spacial score (nSPS) is 22.8. The molecule has 1 aromatic rings. The summed E-state index contributed by atoms with van der Waals surface area (Å²) in [7, 11) is 0. The molecule has 0 radical (unpaired) electrons. The molecule has 1 saturated heterocycles. The van der Waals surface area contributed by atoms with Crippen LogP contribution in [0.5, 0.6) is 0 Å². The van der Waals surface area contributed by atoms with Crippen LogP contribution >= 0.6 is 0 Å². The number of hydrogen-bond donors (Lipinski definition) is 2. The summed E-state index contributed by atoms with van der Waals surface area (Å²) in [6.45, 7) is 4.11. The minimum absolute atomic E-state index is 0.0389. The van der Waals surface area contributed by atoms with Crippen molar-refractivity contribution in [2.45, 2.75) is 44.4 Å². The Labute approximate surface area is 118 Å². The molecule has 1 aliphatic rings. The van der Waals surface area contributed by atoms with Gasteiger partial charge in [0.1, 0.15) is 11.9 Å². The van der Waals surface area contributed by atoms with Gasteiger partial charge in [0.15, 0.2) is 0 Å². The first-order chi connectivity index (χ1) is 9.42. The van der Waals surface area contributed by atoms with Gasteiger partial charge in [0.05, 0.1) is 11.6 Å². The molecule has 5 heteroatoms. The summed E-state index contributed by atoms with van der Waals surface area (Å²) in [5, 5.41) is 2.91. The van der Waals surface area contributed by atoms with Crippen molar-refractivity contribution in [2.75, 3.05) is 6.54 Å². The molecular formula is C15H21FN2O2. The van der Waals surface area contributed by atoms with Gasteiger partial charge in [-0.2, -0.15) is 0 Å². The van der Waals surface area contributed by atoms with Crippen molar-refractivity contribution in [2.24, 2.45) is 5.73 Å². The largest absolute Gasteiger partial charge is 0.364 e. The lowest BCUT2D eigenvalue weighted by molar-refractivity contribution is -0.133. The quantitative estimate of drug-likeness (QED) is 0.882. The summed E-state index contributed by atoms with van der Waals surface area (Å²) >= 11 is 0.